The second-order valence-electron chi connectivity index (χ2n) is 3.48. The Labute approximate surface area is 102 Å². The summed E-state index contributed by atoms with van der Waals surface area (Å²) in [6, 6.07) is 4.71. The number of benzene rings is 1. The maximum atomic E-state index is 11.3. The molecule has 18 heavy (non-hydrogen) atoms. The number of amides is 1. The molecule has 1 aliphatic rings. The number of ether oxygens (including phenoxy) is 3. The molecule has 0 radical (unpaired) electrons. The van der Waals surface area contributed by atoms with E-state index in [4.69, 9.17) is 19.3 Å². The third-order valence-corrected chi connectivity index (χ3v) is 2.16. The van der Waals surface area contributed by atoms with Crippen LogP contribution in [0.1, 0.15) is 6.42 Å². The zero-order valence-electron chi connectivity index (χ0n) is 9.34. The first kappa shape index (κ1) is 12.0. The summed E-state index contributed by atoms with van der Waals surface area (Å²) in [4.78, 5) is 21.5. The molecule has 1 amide bonds. The van der Waals surface area contributed by atoms with Crippen molar-refractivity contribution in [3.8, 4) is 17.2 Å². The van der Waals surface area contributed by atoms with E-state index in [1.54, 1.807) is 12.1 Å². The Balaban J connectivity index is 1.85. The quantitative estimate of drug-likeness (QED) is 0.830. The fourth-order valence-electron chi connectivity index (χ4n) is 1.35. The van der Waals surface area contributed by atoms with Crippen LogP contribution in [0.2, 0.25) is 0 Å². The molecule has 0 aliphatic carbocycles. The van der Waals surface area contributed by atoms with Gasteiger partial charge in [-0.05, 0) is 12.1 Å². The van der Waals surface area contributed by atoms with Gasteiger partial charge in [0, 0.05) is 12.6 Å². The van der Waals surface area contributed by atoms with Crippen LogP contribution in [-0.4, -0.2) is 30.5 Å². The molecule has 1 aliphatic heterocycles. The van der Waals surface area contributed by atoms with Crippen molar-refractivity contribution in [3.63, 3.8) is 0 Å². The van der Waals surface area contributed by atoms with Crippen LogP contribution in [-0.2, 0) is 4.79 Å². The van der Waals surface area contributed by atoms with Crippen molar-refractivity contribution < 1.29 is 28.9 Å². The lowest BCUT2D eigenvalue weighted by atomic mass is 10.3. The van der Waals surface area contributed by atoms with Gasteiger partial charge in [0.15, 0.2) is 11.5 Å². The molecule has 1 aromatic rings. The van der Waals surface area contributed by atoms with Crippen molar-refractivity contribution >= 4 is 12.1 Å². The number of carboxylic acids is 1. The molecular formula is C11H11NO6. The van der Waals surface area contributed by atoms with E-state index < -0.39 is 12.1 Å². The third kappa shape index (κ3) is 3.03. The number of aliphatic carboxylic acids is 1. The number of rotatable bonds is 4. The molecule has 0 bridgehead atoms. The zero-order valence-corrected chi connectivity index (χ0v) is 9.34. The molecule has 1 aromatic carbocycles. The van der Waals surface area contributed by atoms with Gasteiger partial charge >= 0.3 is 12.1 Å². The summed E-state index contributed by atoms with van der Waals surface area (Å²) in [5.41, 5.74) is 0. The summed E-state index contributed by atoms with van der Waals surface area (Å²) < 4.78 is 15.2. The fourth-order valence-corrected chi connectivity index (χ4v) is 1.35. The third-order valence-electron chi connectivity index (χ3n) is 2.16. The average molecular weight is 253 g/mol. The first-order valence-corrected chi connectivity index (χ1v) is 5.22. The standard InChI is InChI=1S/C11H11NO6/c13-10(14)3-4-12-11(15)18-7-1-2-8-9(5-7)17-6-16-8/h1-2,5H,3-4,6H2,(H,12,15)(H,13,14). The normalized spacial score (nSPS) is 12.0. The van der Waals surface area contributed by atoms with Gasteiger partial charge in [-0.15, -0.1) is 0 Å². The van der Waals surface area contributed by atoms with E-state index in [2.05, 4.69) is 5.32 Å². The van der Waals surface area contributed by atoms with Gasteiger partial charge in [-0.1, -0.05) is 0 Å². The van der Waals surface area contributed by atoms with Gasteiger partial charge < -0.3 is 24.6 Å². The van der Waals surface area contributed by atoms with Crippen LogP contribution in [0, 0.1) is 0 Å². The number of nitrogens with one attached hydrogen (secondary N) is 1. The molecule has 0 saturated carbocycles. The number of hydrogen-bond donors (Lipinski definition) is 2. The summed E-state index contributed by atoms with van der Waals surface area (Å²) in [6.07, 6.45) is -0.869. The minimum Gasteiger partial charge on any atom is -0.481 e. The Morgan fingerprint density at radius 2 is 2.11 bits per heavy atom. The van der Waals surface area contributed by atoms with E-state index in [-0.39, 0.29) is 19.8 Å². The van der Waals surface area contributed by atoms with Gasteiger partial charge in [0.25, 0.3) is 0 Å². The highest BCUT2D eigenvalue weighted by Gasteiger charge is 2.15. The molecule has 0 atom stereocenters. The Hall–Kier alpha value is -2.44. The van der Waals surface area contributed by atoms with Crippen molar-refractivity contribution in [2.45, 2.75) is 6.42 Å². The Kier molecular flexibility index (Phi) is 3.52. The highest BCUT2D eigenvalue weighted by atomic mass is 16.7. The molecule has 0 saturated heterocycles. The first-order valence-electron chi connectivity index (χ1n) is 5.22. The highest BCUT2D eigenvalue weighted by Crippen LogP contribution is 2.34. The summed E-state index contributed by atoms with van der Waals surface area (Å²) in [5, 5.41) is 10.7. The minimum atomic E-state index is -0.988. The van der Waals surface area contributed by atoms with Crippen molar-refractivity contribution in [2.75, 3.05) is 13.3 Å². The first-order chi connectivity index (χ1) is 8.65. The molecule has 0 aromatic heterocycles. The molecule has 0 unspecified atom stereocenters. The molecular weight excluding hydrogens is 242 g/mol. The van der Waals surface area contributed by atoms with Crippen molar-refractivity contribution in [1.29, 1.82) is 0 Å². The lowest BCUT2D eigenvalue weighted by Crippen LogP contribution is -2.28. The van der Waals surface area contributed by atoms with Crippen molar-refractivity contribution in [2.24, 2.45) is 0 Å². The second kappa shape index (κ2) is 5.26. The summed E-state index contributed by atoms with van der Waals surface area (Å²) >= 11 is 0. The zero-order chi connectivity index (χ0) is 13.0. The SMILES string of the molecule is O=C(O)CCNC(=O)Oc1ccc2c(c1)OCO2. The number of hydrogen-bond acceptors (Lipinski definition) is 5. The molecule has 0 fully saturated rings. The van der Waals surface area contributed by atoms with Crippen LogP contribution in [0.25, 0.3) is 0 Å². The van der Waals surface area contributed by atoms with Crippen LogP contribution >= 0.6 is 0 Å². The molecule has 7 nitrogen and oxygen atoms in total. The summed E-state index contributed by atoms with van der Waals surface area (Å²) in [6.45, 7) is 0.155. The van der Waals surface area contributed by atoms with E-state index in [1.165, 1.54) is 6.07 Å². The van der Waals surface area contributed by atoms with E-state index in [0.29, 0.717) is 17.2 Å². The van der Waals surface area contributed by atoms with E-state index in [1.807, 2.05) is 0 Å². The highest BCUT2D eigenvalue weighted by molar-refractivity contribution is 5.72. The molecule has 0 spiro atoms. The predicted molar refractivity (Wildman–Crippen MR) is 58.8 cm³/mol. The van der Waals surface area contributed by atoms with Crippen molar-refractivity contribution in [3.05, 3.63) is 18.2 Å². The van der Waals surface area contributed by atoms with Crippen LogP contribution < -0.4 is 19.5 Å². The summed E-state index contributed by atoms with van der Waals surface area (Å²) in [5.74, 6) is 0.407. The van der Waals surface area contributed by atoms with Crippen LogP contribution in [0.15, 0.2) is 18.2 Å². The van der Waals surface area contributed by atoms with Gasteiger partial charge in [0.2, 0.25) is 6.79 Å². The van der Waals surface area contributed by atoms with E-state index in [9.17, 15) is 9.59 Å². The van der Waals surface area contributed by atoms with E-state index >= 15 is 0 Å². The van der Waals surface area contributed by atoms with Gasteiger partial charge in [-0.25, -0.2) is 4.79 Å². The van der Waals surface area contributed by atoms with Gasteiger partial charge in [0.1, 0.15) is 5.75 Å². The Morgan fingerprint density at radius 3 is 2.89 bits per heavy atom. The largest absolute Gasteiger partial charge is 0.481 e. The fraction of sp³-hybridized carbons (Fsp3) is 0.273. The number of carbonyl (C=O) groups excluding carboxylic acids is 1. The monoisotopic (exact) mass is 253 g/mol. The maximum Gasteiger partial charge on any atom is 0.412 e. The topological polar surface area (TPSA) is 94.1 Å². The predicted octanol–water partition coefficient (Wildman–Crippen LogP) is 0.978. The molecule has 2 N–H and O–H groups in total. The molecule has 2 rings (SSSR count). The van der Waals surface area contributed by atoms with Gasteiger partial charge in [0.05, 0.1) is 6.42 Å². The maximum absolute atomic E-state index is 11.3. The minimum absolute atomic E-state index is 0.0126. The van der Waals surface area contributed by atoms with Crippen LogP contribution in [0.5, 0.6) is 17.2 Å². The average Bonchev–Trinajstić information content (AvgIpc) is 2.75. The van der Waals surface area contributed by atoms with Crippen LogP contribution in [0.4, 0.5) is 4.79 Å². The van der Waals surface area contributed by atoms with Crippen LogP contribution in [0.3, 0.4) is 0 Å². The van der Waals surface area contributed by atoms with Crippen molar-refractivity contribution in [1.82, 2.24) is 5.32 Å². The summed E-state index contributed by atoms with van der Waals surface area (Å²) in [7, 11) is 0. The Bertz CT molecular complexity index is 473. The number of carboxylic acid groups (broad SMARTS) is 1. The smallest absolute Gasteiger partial charge is 0.412 e. The molecule has 1 heterocycles. The number of fused-ring (bicyclic) bond motifs is 1. The number of carbonyl (C=O) groups is 2. The second-order valence-corrected chi connectivity index (χ2v) is 3.48. The lowest BCUT2D eigenvalue weighted by molar-refractivity contribution is -0.136. The molecule has 7 heteroatoms. The molecule has 96 valence electrons. The van der Waals surface area contributed by atoms with Gasteiger partial charge in [-0.2, -0.15) is 0 Å². The Morgan fingerprint density at radius 1 is 1.33 bits per heavy atom. The lowest BCUT2D eigenvalue weighted by Gasteiger charge is -2.06. The van der Waals surface area contributed by atoms with Gasteiger partial charge in [-0.3, -0.25) is 4.79 Å². The van der Waals surface area contributed by atoms with E-state index in [0.717, 1.165) is 0 Å².